The lowest BCUT2D eigenvalue weighted by atomic mass is 10.1. The number of carbonyl (C=O) groups is 2. The molecule has 0 aliphatic carbocycles. The van der Waals surface area contributed by atoms with E-state index in [1.807, 2.05) is 0 Å². The Labute approximate surface area is 132 Å². The molecule has 0 saturated carbocycles. The van der Waals surface area contributed by atoms with Crippen molar-refractivity contribution in [2.24, 2.45) is 0 Å². The molecule has 0 heterocycles. The van der Waals surface area contributed by atoms with Gasteiger partial charge in [0.15, 0.2) is 5.78 Å². The Morgan fingerprint density at radius 1 is 0.955 bits per heavy atom. The van der Waals surface area contributed by atoms with Gasteiger partial charge in [-0.3, -0.25) is 14.8 Å². The third-order valence-electron chi connectivity index (χ3n) is 3.10. The molecule has 0 aliphatic rings. The highest BCUT2D eigenvalue weighted by Gasteiger charge is 2.06. The van der Waals surface area contributed by atoms with Crippen molar-refractivity contribution in [3.63, 3.8) is 0 Å². The topological polar surface area (TPSA) is 78.4 Å². The molecule has 0 aliphatic heterocycles. The van der Waals surface area contributed by atoms with Crippen LogP contribution in [0.15, 0.2) is 48.5 Å². The normalized spacial score (nSPS) is 10.3. The first-order valence-electron chi connectivity index (χ1n) is 6.63. The Balaban J connectivity index is 1.84. The average molecular weight is 319 g/mol. The summed E-state index contributed by atoms with van der Waals surface area (Å²) in [4.78, 5) is 23.1. The lowest BCUT2D eigenvalue weighted by molar-refractivity contribution is 0.0706. The molecule has 0 spiro atoms. The van der Waals surface area contributed by atoms with Gasteiger partial charge in [-0.1, -0.05) is 23.7 Å². The number of rotatable bonds is 6. The van der Waals surface area contributed by atoms with Gasteiger partial charge in [0.05, 0.1) is 6.54 Å². The number of benzene rings is 2. The Morgan fingerprint density at radius 3 is 2.14 bits per heavy atom. The average Bonchev–Trinajstić information content (AvgIpc) is 2.55. The molecule has 1 amide bonds. The lowest BCUT2D eigenvalue weighted by Crippen LogP contribution is -2.22. The molecule has 0 aromatic heterocycles. The Bertz CT molecular complexity index is 654. The summed E-state index contributed by atoms with van der Waals surface area (Å²) in [6.07, 6.45) is 0. The van der Waals surface area contributed by atoms with Crippen molar-refractivity contribution in [1.82, 2.24) is 10.8 Å². The minimum absolute atomic E-state index is 0.0204. The van der Waals surface area contributed by atoms with Crippen LogP contribution in [-0.2, 0) is 6.54 Å². The first kappa shape index (κ1) is 16.2. The van der Waals surface area contributed by atoms with Crippen LogP contribution in [-0.4, -0.2) is 23.4 Å². The minimum atomic E-state index is -0.558. The fraction of sp³-hybridized carbons (Fsp3) is 0.125. The summed E-state index contributed by atoms with van der Waals surface area (Å²) >= 11 is 5.78. The van der Waals surface area contributed by atoms with Crippen LogP contribution >= 0.6 is 11.6 Å². The van der Waals surface area contributed by atoms with Gasteiger partial charge in [0, 0.05) is 22.7 Å². The molecule has 5 nitrogen and oxygen atoms in total. The second kappa shape index (κ2) is 7.70. The summed E-state index contributed by atoms with van der Waals surface area (Å²) in [5, 5.41) is 12.2. The molecule has 22 heavy (non-hydrogen) atoms. The summed E-state index contributed by atoms with van der Waals surface area (Å²) < 4.78 is 0. The Morgan fingerprint density at radius 2 is 1.55 bits per heavy atom. The third-order valence-corrected chi connectivity index (χ3v) is 3.35. The summed E-state index contributed by atoms with van der Waals surface area (Å²) in [7, 11) is 0. The fourth-order valence-corrected chi connectivity index (χ4v) is 2.02. The zero-order chi connectivity index (χ0) is 15.9. The molecule has 0 atom stereocenters. The highest BCUT2D eigenvalue weighted by Crippen LogP contribution is 2.10. The van der Waals surface area contributed by atoms with Crippen LogP contribution in [0.4, 0.5) is 0 Å². The molecule has 2 rings (SSSR count). The van der Waals surface area contributed by atoms with Crippen molar-refractivity contribution < 1.29 is 14.8 Å². The van der Waals surface area contributed by atoms with Crippen LogP contribution in [0.2, 0.25) is 5.02 Å². The zero-order valence-electron chi connectivity index (χ0n) is 11.7. The van der Waals surface area contributed by atoms with Crippen molar-refractivity contribution in [3.05, 3.63) is 70.2 Å². The van der Waals surface area contributed by atoms with Crippen LogP contribution in [0.1, 0.15) is 26.3 Å². The highest BCUT2D eigenvalue weighted by molar-refractivity contribution is 6.30. The van der Waals surface area contributed by atoms with E-state index in [9.17, 15) is 9.59 Å². The van der Waals surface area contributed by atoms with E-state index in [2.05, 4.69) is 5.32 Å². The molecule has 3 N–H and O–H groups in total. The van der Waals surface area contributed by atoms with E-state index in [0.29, 0.717) is 22.7 Å². The second-order valence-electron chi connectivity index (χ2n) is 4.67. The van der Waals surface area contributed by atoms with Gasteiger partial charge in [0.1, 0.15) is 0 Å². The smallest absolute Gasteiger partial charge is 0.274 e. The third kappa shape index (κ3) is 4.39. The van der Waals surface area contributed by atoms with Crippen LogP contribution in [0, 0.1) is 0 Å². The van der Waals surface area contributed by atoms with Gasteiger partial charge in [0.25, 0.3) is 5.91 Å². The number of carbonyl (C=O) groups excluding carboxylic acids is 2. The van der Waals surface area contributed by atoms with Crippen LogP contribution in [0.5, 0.6) is 0 Å². The summed E-state index contributed by atoms with van der Waals surface area (Å²) in [5.41, 5.74) is 3.47. The lowest BCUT2D eigenvalue weighted by Gasteiger charge is -2.06. The molecular formula is C16H15ClN2O3. The van der Waals surface area contributed by atoms with Crippen molar-refractivity contribution >= 4 is 23.3 Å². The van der Waals surface area contributed by atoms with E-state index in [4.69, 9.17) is 16.8 Å². The number of Topliss-reactive ketones (excluding diaryl/α,β-unsaturated/α-hetero) is 1. The van der Waals surface area contributed by atoms with Gasteiger partial charge in [-0.05, 0) is 42.0 Å². The fourth-order valence-electron chi connectivity index (χ4n) is 1.90. The molecule has 2 aromatic carbocycles. The number of hydroxylamine groups is 1. The van der Waals surface area contributed by atoms with Crippen LogP contribution in [0.3, 0.4) is 0 Å². The molecule has 0 fully saturated rings. The Kier molecular flexibility index (Phi) is 5.66. The van der Waals surface area contributed by atoms with E-state index in [1.165, 1.54) is 0 Å². The van der Waals surface area contributed by atoms with E-state index in [0.717, 1.165) is 5.56 Å². The largest absolute Gasteiger partial charge is 0.306 e. The van der Waals surface area contributed by atoms with E-state index in [-0.39, 0.29) is 12.3 Å². The molecule has 0 bridgehead atoms. The number of halogens is 1. The van der Waals surface area contributed by atoms with E-state index < -0.39 is 5.91 Å². The SMILES string of the molecule is O=C(CNCc1ccc(C(=O)NO)cc1)c1ccc(Cl)cc1. The highest BCUT2D eigenvalue weighted by atomic mass is 35.5. The molecule has 6 heteroatoms. The maximum absolute atomic E-state index is 11.9. The van der Waals surface area contributed by atoms with Crippen molar-refractivity contribution in [2.75, 3.05) is 6.54 Å². The maximum atomic E-state index is 11.9. The predicted octanol–water partition coefficient (Wildman–Crippen LogP) is 2.43. The first-order chi connectivity index (χ1) is 10.6. The predicted molar refractivity (Wildman–Crippen MR) is 83.2 cm³/mol. The number of hydrogen-bond acceptors (Lipinski definition) is 4. The molecule has 0 saturated heterocycles. The summed E-state index contributed by atoms with van der Waals surface area (Å²) in [6.45, 7) is 0.709. The monoisotopic (exact) mass is 318 g/mol. The molecule has 2 aromatic rings. The zero-order valence-corrected chi connectivity index (χ0v) is 12.4. The summed E-state index contributed by atoms with van der Waals surface area (Å²) in [6, 6.07) is 13.4. The number of nitrogens with one attached hydrogen (secondary N) is 2. The van der Waals surface area contributed by atoms with Crippen molar-refractivity contribution in [1.29, 1.82) is 0 Å². The van der Waals surface area contributed by atoms with Gasteiger partial charge in [-0.25, -0.2) is 5.48 Å². The maximum Gasteiger partial charge on any atom is 0.274 e. The molecule has 0 radical (unpaired) electrons. The van der Waals surface area contributed by atoms with Crippen molar-refractivity contribution in [2.45, 2.75) is 6.54 Å². The van der Waals surface area contributed by atoms with Gasteiger partial charge >= 0.3 is 0 Å². The minimum Gasteiger partial charge on any atom is -0.306 e. The molecule has 0 unspecified atom stereocenters. The van der Waals surface area contributed by atoms with E-state index in [1.54, 1.807) is 54.0 Å². The number of amides is 1. The standard InChI is InChI=1S/C16H15ClN2O3/c17-14-7-5-12(6-8-14)15(20)10-18-9-11-1-3-13(4-2-11)16(21)19-22/h1-8,18,22H,9-10H2,(H,19,21). The van der Waals surface area contributed by atoms with Gasteiger partial charge in [-0.15, -0.1) is 0 Å². The van der Waals surface area contributed by atoms with Gasteiger partial charge in [0.2, 0.25) is 0 Å². The van der Waals surface area contributed by atoms with E-state index >= 15 is 0 Å². The number of hydrogen-bond donors (Lipinski definition) is 3. The Hall–Kier alpha value is -2.21. The quantitative estimate of drug-likeness (QED) is 0.434. The van der Waals surface area contributed by atoms with Gasteiger partial charge in [-0.2, -0.15) is 0 Å². The molecular weight excluding hydrogens is 304 g/mol. The number of ketones is 1. The van der Waals surface area contributed by atoms with Crippen molar-refractivity contribution in [3.8, 4) is 0 Å². The molecule has 114 valence electrons. The second-order valence-corrected chi connectivity index (χ2v) is 5.11. The first-order valence-corrected chi connectivity index (χ1v) is 7.01. The summed E-state index contributed by atoms with van der Waals surface area (Å²) in [5.74, 6) is -0.578. The van der Waals surface area contributed by atoms with Crippen LogP contribution in [0.25, 0.3) is 0 Å². The van der Waals surface area contributed by atoms with Crippen LogP contribution < -0.4 is 10.8 Å². The van der Waals surface area contributed by atoms with Gasteiger partial charge < -0.3 is 5.32 Å².